The van der Waals surface area contributed by atoms with Crippen LogP contribution in [-0.4, -0.2) is 33.8 Å². The minimum absolute atomic E-state index is 0.0487. The first-order valence-electron chi connectivity index (χ1n) is 8.76. The number of nitriles is 1. The van der Waals surface area contributed by atoms with Crippen LogP contribution in [0.4, 0.5) is 4.39 Å². The van der Waals surface area contributed by atoms with E-state index in [0.29, 0.717) is 18.8 Å². The first-order valence-corrected chi connectivity index (χ1v) is 8.76. The number of fused-ring (bicyclic) bond motifs is 1. The van der Waals surface area contributed by atoms with Crippen LogP contribution in [0.2, 0.25) is 0 Å². The molecule has 0 spiro atoms. The predicted molar refractivity (Wildman–Crippen MR) is 98.4 cm³/mol. The summed E-state index contributed by atoms with van der Waals surface area (Å²) in [7, 11) is 0. The number of nitrogens with zero attached hydrogens (tertiary/aromatic N) is 2. The van der Waals surface area contributed by atoms with E-state index in [-0.39, 0.29) is 34.5 Å². The van der Waals surface area contributed by atoms with Crippen LogP contribution in [0.3, 0.4) is 0 Å². The quantitative estimate of drug-likeness (QED) is 0.788. The van der Waals surface area contributed by atoms with Gasteiger partial charge in [0.2, 0.25) is 0 Å². The second-order valence-corrected chi connectivity index (χ2v) is 7.52. The normalized spacial score (nSPS) is 13.5. The number of nitrogens with one attached hydrogen (secondary N) is 1. The summed E-state index contributed by atoms with van der Waals surface area (Å²) in [6, 6.07) is 5.55. The first-order chi connectivity index (χ1) is 13.1. The molecular formula is C20H20FN3O4. The molecule has 0 fully saturated rings. The molecule has 0 amide bonds. The maximum atomic E-state index is 14.3. The third-order valence-corrected chi connectivity index (χ3v) is 4.32. The molecule has 1 aromatic heterocycles. The molecular weight excluding hydrogens is 365 g/mol. The average Bonchev–Trinajstić information content (AvgIpc) is 2.94. The van der Waals surface area contributed by atoms with Crippen LogP contribution in [0.15, 0.2) is 18.2 Å². The molecule has 146 valence electrons. The van der Waals surface area contributed by atoms with Gasteiger partial charge >= 0.3 is 11.9 Å². The molecule has 0 saturated heterocycles. The lowest BCUT2D eigenvalue weighted by Crippen LogP contribution is -2.29. The second-order valence-electron chi connectivity index (χ2n) is 7.52. The van der Waals surface area contributed by atoms with Crippen molar-refractivity contribution in [1.82, 2.24) is 9.88 Å². The zero-order valence-corrected chi connectivity index (χ0v) is 15.8. The smallest absolute Gasteiger partial charge is 0.338 e. The molecule has 28 heavy (non-hydrogen) atoms. The Morgan fingerprint density at radius 2 is 2.04 bits per heavy atom. The number of esters is 1. The average molecular weight is 385 g/mol. The fraction of sp³-hybridized carbons (Fsp3) is 0.350. The Hall–Kier alpha value is -3.18. The van der Waals surface area contributed by atoms with Gasteiger partial charge in [0.25, 0.3) is 0 Å². The van der Waals surface area contributed by atoms with E-state index >= 15 is 0 Å². The molecule has 2 aromatic rings. The van der Waals surface area contributed by atoms with Gasteiger partial charge in [-0.3, -0.25) is 0 Å². The van der Waals surface area contributed by atoms with Gasteiger partial charge in [0.05, 0.1) is 11.1 Å². The zero-order valence-electron chi connectivity index (χ0n) is 15.8. The van der Waals surface area contributed by atoms with Crippen molar-refractivity contribution in [1.29, 1.82) is 5.26 Å². The van der Waals surface area contributed by atoms with Gasteiger partial charge in [-0.15, -0.1) is 0 Å². The second kappa shape index (κ2) is 7.09. The summed E-state index contributed by atoms with van der Waals surface area (Å²) < 4.78 is 21.2. The topological polar surface area (TPSA) is 104 Å². The van der Waals surface area contributed by atoms with Gasteiger partial charge in [0.1, 0.15) is 23.2 Å². The van der Waals surface area contributed by atoms with Gasteiger partial charge < -0.3 is 19.7 Å². The van der Waals surface area contributed by atoms with Crippen molar-refractivity contribution < 1.29 is 23.8 Å². The lowest BCUT2D eigenvalue weighted by molar-refractivity contribution is 0.00688. The SMILES string of the molecule is CC(C)(C)OC(=O)c1cc(F)cc(-c2c(C(=O)O)c3n(c2C#N)CCNC3)c1. The number of carboxylic acids is 1. The highest BCUT2D eigenvalue weighted by Gasteiger charge is 2.30. The van der Waals surface area contributed by atoms with Gasteiger partial charge in [0, 0.05) is 30.9 Å². The number of carbonyl (C=O) groups is 2. The number of benzene rings is 1. The summed E-state index contributed by atoms with van der Waals surface area (Å²) in [6.07, 6.45) is 0. The summed E-state index contributed by atoms with van der Waals surface area (Å²) in [6.45, 7) is 6.36. The van der Waals surface area contributed by atoms with Gasteiger partial charge in [0.15, 0.2) is 0 Å². The van der Waals surface area contributed by atoms with Gasteiger partial charge in [-0.2, -0.15) is 5.26 Å². The molecule has 0 unspecified atom stereocenters. The van der Waals surface area contributed by atoms with E-state index in [1.54, 1.807) is 25.3 Å². The van der Waals surface area contributed by atoms with Crippen molar-refractivity contribution in [2.45, 2.75) is 39.5 Å². The largest absolute Gasteiger partial charge is 0.478 e. The molecule has 1 aliphatic heterocycles. The van der Waals surface area contributed by atoms with E-state index in [0.717, 1.165) is 12.1 Å². The number of aromatic nitrogens is 1. The molecule has 7 nitrogen and oxygen atoms in total. The summed E-state index contributed by atoms with van der Waals surface area (Å²) in [5, 5.41) is 22.5. The Kier molecular flexibility index (Phi) is 4.96. The maximum Gasteiger partial charge on any atom is 0.338 e. The summed E-state index contributed by atoms with van der Waals surface area (Å²) in [4.78, 5) is 24.3. The molecule has 0 saturated carbocycles. The highest BCUT2D eigenvalue weighted by molar-refractivity contribution is 6.00. The van der Waals surface area contributed by atoms with Crippen molar-refractivity contribution in [3.05, 3.63) is 46.5 Å². The van der Waals surface area contributed by atoms with Gasteiger partial charge in [-0.05, 0) is 44.5 Å². The fourth-order valence-electron chi connectivity index (χ4n) is 3.31. The van der Waals surface area contributed by atoms with Crippen LogP contribution in [0, 0.1) is 17.1 Å². The number of hydrogen-bond acceptors (Lipinski definition) is 5. The monoisotopic (exact) mass is 385 g/mol. The minimum atomic E-state index is -1.22. The molecule has 1 aliphatic rings. The Morgan fingerprint density at radius 3 is 2.64 bits per heavy atom. The number of rotatable bonds is 3. The molecule has 0 aliphatic carbocycles. The highest BCUT2D eigenvalue weighted by atomic mass is 19.1. The number of hydrogen-bond donors (Lipinski definition) is 2. The summed E-state index contributed by atoms with van der Waals surface area (Å²) in [5.74, 6) is -2.66. The van der Waals surface area contributed by atoms with Crippen LogP contribution in [-0.2, 0) is 17.8 Å². The highest BCUT2D eigenvalue weighted by Crippen LogP contribution is 2.35. The molecule has 3 rings (SSSR count). The number of carboxylic acid groups (broad SMARTS) is 1. The predicted octanol–water partition coefficient (Wildman–Crippen LogP) is 2.92. The van der Waals surface area contributed by atoms with E-state index in [4.69, 9.17) is 4.74 Å². The Balaban J connectivity index is 2.22. The third-order valence-electron chi connectivity index (χ3n) is 4.32. The lowest BCUT2D eigenvalue weighted by atomic mass is 9.98. The van der Waals surface area contributed by atoms with Gasteiger partial charge in [-0.1, -0.05) is 0 Å². The summed E-state index contributed by atoms with van der Waals surface area (Å²) >= 11 is 0. The number of halogens is 1. The van der Waals surface area contributed by atoms with Crippen molar-refractivity contribution in [3.63, 3.8) is 0 Å². The van der Waals surface area contributed by atoms with E-state index in [9.17, 15) is 24.3 Å². The first kappa shape index (κ1) is 19.6. The number of aromatic carboxylic acids is 1. The molecule has 2 N–H and O–H groups in total. The zero-order chi connectivity index (χ0) is 20.6. The van der Waals surface area contributed by atoms with Crippen molar-refractivity contribution >= 4 is 11.9 Å². The third kappa shape index (κ3) is 3.62. The Bertz CT molecular complexity index is 1010. The van der Waals surface area contributed by atoms with Crippen LogP contribution >= 0.6 is 0 Å². The summed E-state index contributed by atoms with van der Waals surface area (Å²) in [5.41, 5.74) is -0.0381. The van der Waals surface area contributed by atoms with Crippen molar-refractivity contribution in [2.24, 2.45) is 0 Å². The number of ether oxygens (including phenoxy) is 1. The standard InChI is InChI=1S/C20H20FN3O4/c1-20(2,3)28-19(27)12-6-11(7-13(21)8-12)16-14(9-22)24-5-4-23-10-15(24)17(16)18(25)26/h6-8,23H,4-5,10H2,1-3H3,(H,25,26). The van der Waals surface area contributed by atoms with Crippen molar-refractivity contribution in [3.8, 4) is 17.2 Å². The van der Waals surface area contributed by atoms with Gasteiger partial charge in [-0.25, -0.2) is 14.0 Å². The molecule has 1 aromatic carbocycles. The van der Waals surface area contributed by atoms with Crippen molar-refractivity contribution in [2.75, 3.05) is 6.54 Å². The molecule has 0 bridgehead atoms. The maximum absolute atomic E-state index is 14.3. The molecule has 2 heterocycles. The Morgan fingerprint density at radius 1 is 1.32 bits per heavy atom. The van der Waals surface area contributed by atoms with E-state index in [1.165, 1.54) is 6.07 Å². The molecule has 8 heteroatoms. The van der Waals surface area contributed by atoms with E-state index in [2.05, 4.69) is 5.32 Å². The van der Waals surface area contributed by atoms with Crippen LogP contribution in [0.5, 0.6) is 0 Å². The molecule has 0 atom stereocenters. The molecule has 0 radical (unpaired) electrons. The van der Waals surface area contributed by atoms with Crippen LogP contribution in [0.25, 0.3) is 11.1 Å². The van der Waals surface area contributed by atoms with E-state index in [1.807, 2.05) is 6.07 Å². The van der Waals surface area contributed by atoms with Crippen LogP contribution < -0.4 is 5.32 Å². The Labute approximate surface area is 161 Å². The fourth-order valence-corrected chi connectivity index (χ4v) is 3.31. The lowest BCUT2D eigenvalue weighted by Gasteiger charge is -2.19. The minimum Gasteiger partial charge on any atom is -0.478 e. The van der Waals surface area contributed by atoms with Crippen LogP contribution in [0.1, 0.15) is 52.9 Å². The number of carbonyl (C=O) groups excluding carboxylic acids is 1. The van der Waals surface area contributed by atoms with E-state index < -0.39 is 23.4 Å².